The molecule has 2 aromatic rings. The van der Waals surface area contributed by atoms with Gasteiger partial charge in [-0.05, 0) is 19.4 Å². The molecule has 1 heterocycles. The van der Waals surface area contributed by atoms with Crippen LogP contribution in [0.3, 0.4) is 0 Å². The van der Waals surface area contributed by atoms with Crippen LogP contribution in [-0.4, -0.2) is 21.1 Å². The number of carbonyl (C=O) groups is 1. The fourth-order valence-corrected chi connectivity index (χ4v) is 2.54. The lowest BCUT2D eigenvalue weighted by molar-refractivity contribution is -0.117. The van der Waals surface area contributed by atoms with E-state index in [2.05, 4.69) is 22.1 Å². The van der Waals surface area contributed by atoms with Gasteiger partial charge in [-0.25, -0.2) is 4.98 Å². The van der Waals surface area contributed by atoms with Gasteiger partial charge in [0.1, 0.15) is 0 Å². The summed E-state index contributed by atoms with van der Waals surface area (Å²) in [6.07, 6.45) is 0.786. The van der Waals surface area contributed by atoms with Crippen molar-refractivity contribution in [3.8, 4) is 0 Å². The van der Waals surface area contributed by atoms with Crippen molar-refractivity contribution in [3.05, 3.63) is 47.3 Å². The summed E-state index contributed by atoms with van der Waals surface area (Å²) in [5, 5.41) is 0.463. The number of nitrogens with two attached hydrogens (primary N) is 1. The molecule has 0 saturated carbocycles. The average molecular weight is 275 g/mol. The molecule has 0 aliphatic heterocycles. The number of aromatic nitrogens is 2. The lowest BCUT2D eigenvalue weighted by Gasteiger charge is -2.02. The molecule has 5 heteroatoms. The summed E-state index contributed by atoms with van der Waals surface area (Å²) in [6.45, 7) is 3.77. The van der Waals surface area contributed by atoms with Crippen molar-refractivity contribution >= 4 is 17.7 Å². The zero-order valence-corrected chi connectivity index (χ0v) is 11.8. The van der Waals surface area contributed by atoms with E-state index >= 15 is 0 Å². The van der Waals surface area contributed by atoms with Crippen LogP contribution >= 0.6 is 11.8 Å². The second-order valence-electron chi connectivity index (χ2n) is 4.44. The van der Waals surface area contributed by atoms with Crippen LogP contribution in [0.4, 0.5) is 0 Å². The number of aromatic amines is 1. The molecule has 100 valence electrons. The van der Waals surface area contributed by atoms with Gasteiger partial charge in [0.15, 0.2) is 5.16 Å². The number of carbonyl (C=O) groups excluding carboxylic acids is 1. The predicted molar refractivity (Wildman–Crippen MR) is 77.1 cm³/mol. The van der Waals surface area contributed by atoms with E-state index in [-0.39, 0.29) is 11.2 Å². The Morgan fingerprint density at radius 2 is 2.11 bits per heavy atom. The number of nitrogens with one attached hydrogen (secondary N) is 1. The number of aryl methyl sites for hydroxylation is 1. The van der Waals surface area contributed by atoms with E-state index in [0.29, 0.717) is 0 Å². The normalized spacial score (nSPS) is 12.3. The standard InChI is InChI=1S/C14H17N3OS/c1-9-12(8-11-6-4-3-5-7-11)17-14(16-9)19-10(2)13(15)18/h3-7,10H,8H2,1-2H3,(H2,15,18)(H,16,17)/t10-/m0/s1. The second-order valence-corrected chi connectivity index (χ2v) is 5.77. The first-order valence-electron chi connectivity index (χ1n) is 6.11. The van der Waals surface area contributed by atoms with Gasteiger partial charge < -0.3 is 10.7 Å². The van der Waals surface area contributed by atoms with Crippen molar-refractivity contribution in [1.29, 1.82) is 0 Å². The SMILES string of the molecule is Cc1[nH]c(S[C@@H](C)C(N)=O)nc1Cc1ccccc1. The van der Waals surface area contributed by atoms with E-state index < -0.39 is 0 Å². The minimum Gasteiger partial charge on any atom is -0.369 e. The van der Waals surface area contributed by atoms with Crippen LogP contribution in [0.2, 0.25) is 0 Å². The van der Waals surface area contributed by atoms with Crippen LogP contribution in [0, 0.1) is 6.92 Å². The van der Waals surface area contributed by atoms with E-state index in [1.54, 1.807) is 6.92 Å². The van der Waals surface area contributed by atoms with Crippen molar-refractivity contribution in [2.75, 3.05) is 0 Å². The molecule has 2 rings (SSSR count). The maximum atomic E-state index is 11.0. The summed E-state index contributed by atoms with van der Waals surface area (Å²) < 4.78 is 0. The van der Waals surface area contributed by atoms with E-state index in [0.717, 1.165) is 23.0 Å². The number of imidazole rings is 1. The molecule has 0 saturated heterocycles. The Kier molecular flexibility index (Phi) is 4.27. The Morgan fingerprint density at radius 3 is 2.74 bits per heavy atom. The van der Waals surface area contributed by atoms with Crippen LogP contribution in [0.15, 0.2) is 35.5 Å². The lowest BCUT2D eigenvalue weighted by atomic mass is 10.1. The molecule has 4 nitrogen and oxygen atoms in total. The highest BCUT2D eigenvalue weighted by Crippen LogP contribution is 2.22. The molecule has 0 spiro atoms. The quantitative estimate of drug-likeness (QED) is 0.822. The van der Waals surface area contributed by atoms with Gasteiger partial charge in [0.25, 0.3) is 0 Å². The molecule has 1 aromatic carbocycles. The van der Waals surface area contributed by atoms with Gasteiger partial charge in [-0.2, -0.15) is 0 Å². The zero-order chi connectivity index (χ0) is 13.8. The molecule has 0 radical (unpaired) electrons. The fraction of sp³-hybridized carbons (Fsp3) is 0.286. The maximum Gasteiger partial charge on any atom is 0.230 e. The Hall–Kier alpha value is -1.75. The third-order valence-electron chi connectivity index (χ3n) is 2.87. The predicted octanol–water partition coefficient (Wildman–Crippen LogP) is 2.27. The number of H-pyrrole nitrogens is 1. The van der Waals surface area contributed by atoms with Gasteiger partial charge in [-0.3, -0.25) is 4.79 Å². The smallest absolute Gasteiger partial charge is 0.230 e. The van der Waals surface area contributed by atoms with Gasteiger partial charge in [-0.15, -0.1) is 0 Å². The fourth-order valence-electron chi connectivity index (χ4n) is 1.71. The number of rotatable bonds is 5. The Bertz CT molecular complexity index is 565. The summed E-state index contributed by atoms with van der Waals surface area (Å²) in [5.74, 6) is -0.330. The van der Waals surface area contributed by atoms with Crippen LogP contribution < -0.4 is 5.73 Å². The molecule has 1 atom stereocenters. The number of benzene rings is 1. The van der Waals surface area contributed by atoms with Crippen LogP contribution in [0.25, 0.3) is 0 Å². The molecular formula is C14H17N3OS. The molecule has 0 fully saturated rings. The molecule has 0 aliphatic rings. The van der Waals surface area contributed by atoms with E-state index in [9.17, 15) is 4.79 Å². The second kappa shape index (κ2) is 5.93. The van der Waals surface area contributed by atoms with Crippen molar-refractivity contribution in [2.24, 2.45) is 5.73 Å². The average Bonchev–Trinajstić information content (AvgIpc) is 2.71. The highest BCUT2D eigenvalue weighted by Gasteiger charge is 2.14. The first-order valence-corrected chi connectivity index (χ1v) is 6.99. The van der Waals surface area contributed by atoms with Gasteiger partial charge in [0.2, 0.25) is 5.91 Å². The first kappa shape index (κ1) is 13.7. The monoisotopic (exact) mass is 275 g/mol. The van der Waals surface area contributed by atoms with E-state index in [4.69, 9.17) is 5.73 Å². The van der Waals surface area contributed by atoms with Gasteiger partial charge in [0.05, 0.1) is 10.9 Å². The number of primary amides is 1. The van der Waals surface area contributed by atoms with Crippen LogP contribution in [0.1, 0.15) is 23.9 Å². The van der Waals surface area contributed by atoms with Crippen molar-refractivity contribution in [3.63, 3.8) is 0 Å². The van der Waals surface area contributed by atoms with Crippen molar-refractivity contribution in [2.45, 2.75) is 30.7 Å². The number of hydrogen-bond acceptors (Lipinski definition) is 3. The zero-order valence-electron chi connectivity index (χ0n) is 11.0. The minimum absolute atomic E-state index is 0.282. The molecule has 0 bridgehead atoms. The molecule has 0 unspecified atom stereocenters. The third kappa shape index (κ3) is 3.61. The summed E-state index contributed by atoms with van der Waals surface area (Å²) in [6, 6.07) is 10.2. The van der Waals surface area contributed by atoms with Crippen molar-refractivity contribution < 1.29 is 4.79 Å². The Morgan fingerprint density at radius 1 is 1.42 bits per heavy atom. The molecule has 1 amide bonds. The molecule has 1 aromatic heterocycles. The number of thioether (sulfide) groups is 1. The maximum absolute atomic E-state index is 11.0. The Balaban J connectivity index is 2.11. The third-order valence-corrected chi connectivity index (χ3v) is 3.87. The lowest BCUT2D eigenvalue weighted by Crippen LogP contribution is -2.22. The minimum atomic E-state index is -0.330. The highest BCUT2D eigenvalue weighted by atomic mass is 32.2. The summed E-state index contributed by atoms with van der Waals surface area (Å²) in [7, 11) is 0. The topological polar surface area (TPSA) is 71.8 Å². The highest BCUT2D eigenvalue weighted by molar-refractivity contribution is 8.00. The van der Waals surface area contributed by atoms with Gasteiger partial charge in [-0.1, -0.05) is 42.1 Å². The molecule has 19 heavy (non-hydrogen) atoms. The van der Waals surface area contributed by atoms with Crippen LogP contribution in [-0.2, 0) is 11.2 Å². The largest absolute Gasteiger partial charge is 0.369 e. The van der Waals surface area contributed by atoms with E-state index in [1.807, 2.05) is 25.1 Å². The molecule has 0 aliphatic carbocycles. The van der Waals surface area contributed by atoms with Gasteiger partial charge in [0, 0.05) is 12.1 Å². The van der Waals surface area contributed by atoms with Crippen LogP contribution in [0.5, 0.6) is 0 Å². The summed E-state index contributed by atoms with van der Waals surface area (Å²) >= 11 is 1.36. The number of amides is 1. The summed E-state index contributed by atoms with van der Waals surface area (Å²) in [5.41, 5.74) is 8.51. The first-order chi connectivity index (χ1) is 9.06. The Labute approximate surface area is 116 Å². The molecular weight excluding hydrogens is 258 g/mol. The number of hydrogen-bond donors (Lipinski definition) is 2. The van der Waals surface area contributed by atoms with E-state index in [1.165, 1.54) is 17.3 Å². The molecule has 3 N–H and O–H groups in total. The van der Waals surface area contributed by atoms with Crippen molar-refractivity contribution in [1.82, 2.24) is 9.97 Å². The van der Waals surface area contributed by atoms with Gasteiger partial charge >= 0.3 is 0 Å². The number of nitrogens with zero attached hydrogens (tertiary/aromatic N) is 1. The summed E-state index contributed by atoms with van der Waals surface area (Å²) in [4.78, 5) is 18.8.